The number of hydrogen-bond acceptors (Lipinski definition) is 2. The van der Waals surface area contributed by atoms with Gasteiger partial charge in [-0.15, -0.1) is 0 Å². The van der Waals surface area contributed by atoms with Crippen LogP contribution in [0.3, 0.4) is 0 Å². The minimum Gasteiger partial charge on any atom is -0.358 e. The van der Waals surface area contributed by atoms with E-state index in [0.717, 1.165) is 0 Å². The van der Waals surface area contributed by atoms with Gasteiger partial charge in [-0.1, -0.05) is 13.0 Å². The largest absolute Gasteiger partial charge is 0.358 e. The Hall–Kier alpha value is -1.02. The van der Waals surface area contributed by atoms with Crippen LogP contribution in [0.25, 0.3) is 0 Å². The number of likely N-dealkylation sites (tertiary alicyclic amines) is 1. The first-order valence-corrected chi connectivity index (χ1v) is 5.58. The zero-order valence-electron chi connectivity index (χ0n) is 9.62. The molecule has 0 spiro atoms. The van der Waals surface area contributed by atoms with Crippen LogP contribution in [0.1, 0.15) is 18.9 Å². The van der Waals surface area contributed by atoms with Crippen LogP contribution < -0.4 is 4.90 Å². The normalized spacial score (nSPS) is 34.3. The quantitative estimate of drug-likeness (QED) is 0.632. The lowest BCUT2D eigenvalue weighted by Crippen LogP contribution is -2.45. The van der Waals surface area contributed by atoms with Crippen LogP contribution in [0.15, 0.2) is 18.2 Å². The van der Waals surface area contributed by atoms with Crippen LogP contribution in [0.5, 0.6) is 0 Å². The SMILES string of the molecule is CN1CC[C@]2(C)c3c[c]ccc3N(C)C12. The molecular weight excluding hydrogens is 184 g/mol. The highest BCUT2D eigenvalue weighted by Crippen LogP contribution is 2.50. The van der Waals surface area contributed by atoms with Crippen molar-refractivity contribution in [2.24, 2.45) is 0 Å². The first kappa shape index (κ1) is 9.22. The lowest BCUT2D eigenvalue weighted by Gasteiger charge is -2.32. The number of hydrogen-bond donors (Lipinski definition) is 0. The van der Waals surface area contributed by atoms with Gasteiger partial charge in [-0.3, -0.25) is 4.90 Å². The topological polar surface area (TPSA) is 6.48 Å². The van der Waals surface area contributed by atoms with Gasteiger partial charge >= 0.3 is 0 Å². The van der Waals surface area contributed by atoms with Gasteiger partial charge in [-0.25, -0.2) is 0 Å². The Balaban J connectivity index is 2.19. The minimum atomic E-state index is 0.302. The highest BCUT2D eigenvalue weighted by molar-refractivity contribution is 5.63. The zero-order valence-corrected chi connectivity index (χ0v) is 9.62. The molecule has 15 heavy (non-hydrogen) atoms. The molecule has 0 aromatic heterocycles. The van der Waals surface area contributed by atoms with Crippen molar-refractivity contribution in [3.05, 3.63) is 29.8 Å². The number of nitrogens with zero attached hydrogens (tertiary/aromatic N) is 2. The molecule has 0 N–H and O–H groups in total. The van der Waals surface area contributed by atoms with Crippen molar-refractivity contribution in [2.45, 2.75) is 24.9 Å². The summed E-state index contributed by atoms with van der Waals surface area (Å²) in [5.74, 6) is 0. The highest BCUT2D eigenvalue weighted by Gasteiger charge is 2.51. The van der Waals surface area contributed by atoms with E-state index in [1.807, 2.05) is 6.07 Å². The second kappa shape index (κ2) is 2.76. The lowest BCUT2D eigenvalue weighted by atomic mass is 9.81. The second-order valence-corrected chi connectivity index (χ2v) is 5.08. The molecule has 2 heterocycles. The molecule has 0 amide bonds. The van der Waals surface area contributed by atoms with Gasteiger partial charge in [0.15, 0.2) is 0 Å². The van der Waals surface area contributed by atoms with E-state index in [0.29, 0.717) is 11.6 Å². The van der Waals surface area contributed by atoms with E-state index >= 15 is 0 Å². The van der Waals surface area contributed by atoms with Crippen LogP contribution in [0.4, 0.5) is 5.69 Å². The molecule has 1 aromatic rings. The van der Waals surface area contributed by atoms with Crippen molar-refractivity contribution >= 4 is 5.69 Å². The van der Waals surface area contributed by atoms with Crippen LogP contribution in [0, 0.1) is 6.07 Å². The van der Waals surface area contributed by atoms with Crippen LogP contribution in [0.2, 0.25) is 0 Å². The van der Waals surface area contributed by atoms with Gasteiger partial charge in [-0.05, 0) is 37.2 Å². The van der Waals surface area contributed by atoms with E-state index in [9.17, 15) is 0 Å². The summed E-state index contributed by atoms with van der Waals surface area (Å²) in [5.41, 5.74) is 3.16. The van der Waals surface area contributed by atoms with Crippen LogP contribution >= 0.6 is 0 Å². The summed E-state index contributed by atoms with van der Waals surface area (Å²) >= 11 is 0. The molecular formula is C13H17N2. The molecule has 0 saturated carbocycles. The number of anilines is 1. The molecule has 1 radical (unpaired) electrons. The first-order chi connectivity index (χ1) is 7.14. The van der Waals surface area contributed by atoms with Crippen molar-refractivity contribution in [1.82, 2.24) is 4.90 Å². The van der Waals surface area contributed by atoms with Gasteiger partial charge < -0.3 is 4.90 Å². The lowest BCUT2D eigenvalue weighted by molar-refractivity contribution is 0.268. The van der Waals surface area contributed by atoms with Crippen molar-refractivity contribution in [1.29, 1.82) is 0 Å². The summed E-state index contributed by atoms with van der Waals surface area (Å²) < 4.78 is 0. The molecule has 0 bridgehead atoms. The Bertz CT molecular complexity index is 401. The number of fused-ring (bicyclic) bond motifs is 3. The summed E-state index contributed by atoms with van der Waals surface area (Å²) in [6.07, 6.45) is 1.78. The third-order valence-electron chi connectivity index (χ3n) is 4.17. The summed E-state index contributed by atoms with van der Waals surface area (Å²) in [7, 11) is 4.43. The number of rotatable bonds is 0. The van der Waals surface area contributed by atoms with E-state index < -0.39 is 0 Å². The monoisotopic (exact) mass is 201 g/mol. The maximum absolute atomic E-state index is 3.22. The molecule has 2 aliphatic heterocycles. The van der Waals surface area contributed by atoms with Gasteiger partial charge in [0.1, 0.15) is 0 Å². The second-order valence-electron chi connectivity index (χ2n) is 5.08. The molecule has 2 heteroatoms. The Kier molecular flexibility index (Phi) is 1.70. The average Bonchev–Trinajstić information content (AvgIpc) is 2.65. The molecule has 1 saturated heterocycles. The van der Waals surface area contributed by atoms with Crippen molar-refractivity contribution in [3.63, 3.8) is 0 Å². The predicted molar refractivity (Wildman–Crippen MR) is 62.1 cm³/mol. The Morgan fingerprint density at radius 3 is 3.07 bits per heavy atom. The Morgan fingerprint density at radius 1 is 1.47 bits per heavy atom. The summed E-state index contributed by atoms with van der Waals surface area (Å²) in [6.45, 7) is 3.58. The fraction of sp³-hybridized carbons (Fsp3) is 0.538. The molecule has 79 valence electrons. The summed E-state index contributed by atoms with van der Waals surface area (Å²) in [5, 5.41) is 0. The molecule has 1 aromatic carbocycles. The molecule has 2 nitrogen and oxygen atoms in total. The van der Waals surface area contributed by atoms with Gasteiger partial charge in [0.2, 0.25) is 0 Å². The van der Waals surface area contributed by atoms with E-state index in [1.165, 1.54) is 24.2 Å². The van der Waals surface area contributed by atoms with Gasteiger partial charge in [0.25, 0.3) is 0 Å². The van der Waals surface area contributed by atoms with E-state index in [-0.39, 0.29) is 0 Å². The molecule has 1 fully saturated rings. The summed E-state index contributed by atoms with van der Waals surface area (Å²) in [4.78, 5) is 4.87. The van der Waals surface area contributed by atoms with Crippen molar-refractivity contribution < 1.29 is 0 Å². The molecule has 1 unspecified atom stereocenters. The predicted octanol–water partition coefficient (Wildman–Crippen LogP) is 1.86. The van der Waals surface area contributed by atoms with Gasteiger partial charge in [0.05, 0.1) is 6.17 Å². The standard InChI is InChI=1S/C13H17N2/c1-13-8-9-14(2)12(13)15(3)11-7-5-4-6-10(11)13/h5-7,12H,8-9H2,1-3H3/t12?,13-/m1/s1. The number of benzene rings is 1. The molecule has 2 atom stereocenters. The molecule has 0 aliphatic carbocycles. The minimum absolute atomic E-state index is 0.302. The van der Waals surface area contributed by atoms with Crippen molar-refractivity contribution in [3.8, 4) is 0 Å². The fourth-order valence-corrected chi connectivity index (χ4v) is 3.46. The van der Waals surface area contributed by atoms with Crippen LogP contribution in [-0.4, -0.2) is 31.7 Å². The van der Waals surface area contributed by atoms with Crippen LogP contribution in [-0.2, 0) is 5.41 Å². The maximum Gasteiger partial charge on any atom is 0.0911 e. The third kappa shape index (κ3) is 0.979. The summed E-state index contributed by atoms with van der Waals surface area (Å²) in [6, 6.07) is 9.59. The average molecular weight is 201 g/mol. The number of likely N-dealkylation sites (N-methyl/N-ethyl adjacent to an activating group) is 2. The first-order valence-electron chi connectivity index (χ1n) is 5.58. The van der Waals surface area contributed by atoms with E-state index in [4.69, 9.17) is 0 Å². The zero-order chi connectivity index (χ0) is 10.6. The Labute approximate surface area is 91.5 Å². The molecule has 3 rings (SSSR count). The molecule has 2 aliphatic rings. The Morgan fingerprint density at radius 2 is 2.27 bits per heavy atom. The third-order valence-corrected chi connectivity index (χ3v) is 4.17. The van der Waals surface area contributed by atoms with Gasteiger partial charge in [0, 0.05) is 24.7 Å². The van der Waals surface area contributed by atoms with E-state index in [2.05, 4.69) is 49.0 Å². The van der Waals surface area contributed by atoms with E-state index in [1.54, 1.807) is 0 Å². The maximum atomic E-state index is 3.22. The smallest absolute Gasteiger partial charge is 0.0911 e. The van der Waals surface area contributed by atoms with Gasteiger partial charge in [-0.2, -0.15) is 0 Å². The highest BCUT2D eigenvalue weighted by atomic mass is 15.4. The fourth-order valence-electron chi connectivity index (χ4n) is 3.46. The van der Waals surface area contributed by atoms with Crippen molar-refractivity contribution in [2.75, 3.05) is 25.5 Å².